The van der Waals surface area contributed by atoms with Gasteiger partial charge in [-0.05, 0) is 39.0 Å². The van der Waals surface area contributed by atoms with Crippen LogP contribution in [0, 0.1) is 11.8 Å². The van der Waals surface area contributed by atoms with Crippen molar-refractivity contribution < 1.29 is 4.79 Å². The molecule has 1 nitrogen and oxygen atoms in total. The number of carbonyl (C=O) groups excluding carboxylic acids is 1. The zero-order valence-electron chi connectivity index (χ0n) is 9.25. The highest BCUT2D eigenvalue weighted by Crippen LogP contribution is 2.34. The van der Waals surface area contributed by atoms with Crippen LogP contribution in [0.15, 0.2) is 24.3 Å². The first-order valence-corrected chi connectivity index (χ1v) is 5.42. The lowest BCUT2D eigenvalue weighted by Crippen LogP contribution is -2.13. The molecule has 0 N–H and O–H groups in total. The van der Waals surface area contributed by atoms with Gasteiger partial charge in [0.25, 0.3) is 0 Å². The fourth-order valence-electron chi connectivity index (χ4n) is 2.16. The number of Topliss-reactive ketones (excluding diaryl/α,β-unsaturated/α-hetero) is 1. The zero-order valence-corrected chi connectivity index (χ0v) is 9.25. The molecule has 14 heavy (non-hydrogen) atoms. The summed E-state index contributed by atoms with van der Waals surface area (Å²) in [5, 5.41) is 0. The van der Waals surface area contributed by atoms with E-state index in [4.69, 9.17) is 0 Å². The van der Waals surface area contributed by atoms with Crippen molar-refractivity contribution in [1.29, 1.82) is 0 Å². The van der Waals surface area contributed by atoms with Crippen LogP contribution >= 0.6 is 0 Å². The molecule has 0 aromatic carbocycles. The van der Waals surface area contributed by atoms with Gasteiger partial charge in [-0.2, -0.15) is 0 Å². The van der Waals surface area contributed by atoms with Crippen LogP contribution in [0.5, 0.6) is 0 Å². The highest BCUT2D eigenvalue weighted by atomic mass is 16.1. The molecule has 0 spiro atoms. The molecule has 78 valence electrons. The number of allylic oxidation sites excluding steroid dienone is 3. The van der Waals surface area contributed by atoms with E-state index in [2.05, 4.69) is 26.5 Å². The summed E-state index contributed by atoms with van der Waals surface area (Å²) < 4.78 is 0. The second kappa shape index (κ2) is 5.14. The van der Waals surface area contributed by atoms with Crippen LogP contribution < -0.4 is 0 Å². The summed E-state index contributed by atoms with van der Waals surface area (Å²) >= 11 is 0. The maximum absolute atomic E-state index is 11.6. The summed E-state index contributed by atoms with van der Waals surface area (Å²) in [5.74, 6) is 1.27. The largest absolute Gasteiger partial charge is 0.299 e. The average Bonchev–Trinajstić information content (AvgIpc) is 2.45. The molecule has 1 aliphatic rings. The van der Waals surface area contributed by atoms with Gasteiger partial charge in [0.05, 0.1) is 0 Å². The van der Waals surface area contributed by atoms with Gasteiger partial charge in [0.2, 0.25) is 0 Å². The monoisotopic (exact) mass is 192 g/mol. The van der Waals surface area contributed by atoms with E-state index in [1.165, 1.54) is 5.57 Å². The van der Waals surface area contributed by atoms with Gasteiger partial charge in [0.1, 0.15) is 5.78 Å². The Kier molecular flexibility index (Phi) is 4.12. The predicted octanol–water partition coefficient (Wildman–Crippen LogP) is 3.51. The van der Waals surface area contributed by atoms with E-state index in [9.17, 15) is 4.79 Å². The molecule has 1 heteroatoms. The third-order valence-electron chi connectivity index (χ3n) is 2.99. The summed E-state index contributed by atoms with van der Waals surface area (Å²) in [6.07, 6.45) is 7.89. The first-order chi connectivity index (χ1) is 6.65. The third-order valence-corrected chi connectivity index (χ3v) is 2.99. The number of rotatable bonds is 4. The van der Waals surface area contributed by atoms with E-state index in [1.807, 2.05) is 6.08 Å². The first-order valence-electron chi connectivity index (χ1n) is 5.42. The summed E-state index contributed by atoms with van der Waals surface area (Å²) in [7, 11) is 0. The molecule has 1 aliphatic carbocycles. The maximum Gasteiger partial charge on any atom is 0.136 e. The van der Waals surface area contributed by atoms with Gasteiger partial charge in [0.15, 0.2) is 0 Å². The first kappa shape index (κ1) is 11.2. The summed E-state index contributed by atoms with van der Waals surface area (Å²) in [6, 6.07) is 0. The van der Waals surface area contributed by atoms with Crippen LogP contribution in [0.25, 0.3) is 0 Å². The van der Waals surface area contributed by atoms with Crippen LogP contribution in [-0.4, -0.2) is 5.78 Å². The summed E-state index contributed by atoms with van der Waals surface area (Å²) in [6.45, 7) is 7.92. The van der Waals surface area contributed by atoms with Crippen LogP contribution in [0.4, 0.5) is 0 Å². The summed E-state index contributed by atoms with van der Waals surface area (Å²) in [5.41, 5.74) is 1.31. The second-order valence-electron chi connectivity index (χ2n) is 4.41. The topological polar surface area (TPSA) is 17.1 Å². The minimum absolute atomic E-state index is 0.267. The lowest BCUT2D eigenvalue weighted by atomic mass is 9.89. The van der Waals surface area contributed by atoms with Gasteiger partial charge < -0.3 is 0 Å². The number of hydrogen-bond acceptors (Lipinski definition) is 1. The SMILES string of the molecule is C=CC[C@@H]1CCC(=O)[C@H]1CC=C(C)C. The van der Waals surface area contributed by atoms with Crippen molar-refractivity contribution >= 4 is 5.78 Å². The van der Waals surface area contributed by atoms with Crippen molar-refractivity contribution in [2.24, 2.45) is 11.8 Å². The molecular formula is C13H20O. The van der Waals surface area contributed by atoms with E-state index in [0.29, 0.717) is 11.7 Å². The van der Waals surface area contributed by atoms with Crippen molar-refractivity contribution in [3.63, 3.8) is 0 Å². The lowest BCUT2D eigenvalue weighted by molar-refractivity contribution is -0.121. The average molecular weight is 192 g/mol. The second-order valence-corrected chi connectivity index (χ2v) is 4.41. The maximum atomic E-state index is 11.6. The van der Waals surface area contributed by atoms with Crippen molar-refractivity contribution in [2.75, 3.05) is 0 Å². The molecule has 1 saturated carbocycles. The molecule has 0 aromatic rings. The van der Waals surface area contributed by atoms with Gasteiger partial charge in [-0.15, -0.1) is 6.58 Å². The number of hydrogen-bond donors (Lipinski definition) is 0. The minimum Gasteiger partial charge on any atom is -0.299 e. The molecule has 1 fully saturated rings. The van der Waals surface area contributed by atoms with E-state index in [1.54, 1.807) is 0 Å². The highest BCUT2D eigenvalue weighted by Gasteiger charge is 2.32. The Morgan fingerprint density at radius 3 is 2.79 bits per heavy atom. The molecule has 2 atom stereocenters. The van der Waals surface area contributed by atoms with Crippen LogP contribution in [0.1, 0.15) is 39.5 Å². The van der Waals surface area contributed by atoms with Crippen molar-refractivity contribution in [1.82, 2.24) is 0 Å². The minimum atomic E-state index is 0.267. The van der Waals surface area contributed by atoms with Crippen LogP contribution in [-0.2, 0) is 4.79 Å². The molecule has 0 unspecified atom stereocenters. The predicted molar refractivity (Wildman–Crippen MR) is 60.1 cm³/mol. The normalized spacial score (nSPS) is 26.3. The van der Waals surface area contributed by atoms with Gasteiger partial charge in [-0.1, -0.05) is 17.7 Å². The van der Waals surface area contributed by atoms with Crippen LogP contribution in [0.2, 0.25) is 0 Å². The Morgan fingerprint density at radius 2 is 2.21 bits per heavy atom. The molecule has 0 saturated heterocycles. The number of ketones is 1. The molecule has 1 rings (SSSR count). The molecule has 0 radical (unpaired) electrons. The molecule has 0 bridgehead atoms. The fourth-order valence-corrected chi connectivity index (χ4v) is 2.16. The van der Waals surface area contributed by atoms with E-state index in [0.717, 1.165) is 25.7 Å². The molecule has 0 aromatic heterocycles. The Hall–Kier alpha value is -0.850. The Labute approximate surface area is 86.9 Å². The van der Waals surface area contributed by atoms with Gasteiger partial charge in [0, 0.05) is 12.3 Å². The third kappa shape index (κ3) is 2.83. The standard InChI is InChI=1S/C13H20O/c1-4-5-11-7-9-13(14)12(11)8-6-10(2)3/h4,6,11-12H,1,5,7-9H2,2-3H3/t11-,12+/m1/s1. The van der Waals surface area contributed by atoms with Gasteiger partial charge in [-0.3, -0.25) is 4.79 Å². The van der Waals surface area contributed by atoms with E-state index >= 15 is 0 Å². The Morgan fingerprint density at radius 1 is 1.50 bits per heavy atom. The van der Waals surface area contributed by atoms with Crippen molar-refractivity contribution in [3.8, 4) is 0 Å². The zero-order chi connectivity index (χ0) is 10.6. The molecule has 0 aliphatic heterocycles. The van der Waals surface area contributed by atoms with Crippen molar-refractivity contribution in [3.05, 3.63) is 24.3 Å². The van der Waals surface area contributed by atoms with Crippen LogP contribution in [0.3, 0.4) is 0 Å². The molecular weight excluding hydrogens is 172 g/mol. The van der Waals surface area contributed by atoms with Gasteiger partial charge >= 0.3 is 0 Å². The fraction of sp³-hybridized carbons (Fsp3) is 0.615. The molecule has 0 amide bonds. The Bertz CT molecular complexity index is 246. The van der Waals surface area contributed by atoms with Crippen molar-refractivity contribution in [2.45, 2.75) is 39.5 Å². The van der Waals surface area contributed by atoms with E-state index < -0.39 is 0 Å². The molecule has 0 heterocycles. The summed E-state index contributed by atoms with van der Waals surface area (Å²) in [4.78, 5) is 11.6. The smallest absolute Gasteiger partial charge is 0.136 e. The Balaban J connectivity index is 2.57. The van der Waals surface area contributed by atoms with Gasteiger partial charge in [-0.25, -0.2) is 0 Å². The van der Waals surface area contributed by atoms with E-state index in [-0.39, 0.29) is 5.92 Å². The number of carbonyl (C=O) groups is 1. The highest BCUT2D eigenvalue weighted by molar-refractivity contribution is 5.83. The quantitative estimate of drug-likeness (QED) is 0.623. The lowest BCUT2D eigenvalue weighted by Gasteiger charge is -2.14.